The Hall–Kier alpha value is -4.82. The van der Waals surface area contributed by atoms with Crippen LogP contribution in [0.2, 0.25) is 0 Å². The number of aromatic carboxylic acids is 1. The Morgan fingerprint density at radius 2 is 1.68 bits per heavy atom. The molecule has 37 heavy (non-hydrogen) atoms. The minimum absolute atomic E-state index is 0.0553. The van der Waals surface area contributed by atoms with E-state index in [2.05, 4.69) is 5.32 Å². The van der Waals surface area contributed by atoms with Crippen molar-refractivity contribution in [1.82, 2.24) is 0 Å². The fourth-order valence-electron chi connectivity index (χ4n) is 4.12. The number of nitrogens with one attached hydrogen (secondary N) is 1. The molecule has 2 N–H and O–H groups in total. The largest absolute Gasteiger partial charge is 0.485 e. The number of furan rings is 2. The van der Waals surface area contributed by atoms with E-state index in [1.807, 2.05) is 66.7 Å². The number of thiophene rings is 1. The number of hydrogen-bond acceptors (Lipinski definition) is 6. The number of amides is 1. The maximum Gasteiger partial charge on any atom is 0.339 e. The van der Waals surface area contributed by atoms with Gasteiger partial charge in [0.2, 0.25) is 0 Å². The third-order valence-electron chi connectivity index (χ3n) is 5.87. The SMILES string of the molecule is O=C(Nc1csc(-c2cc3cccc(OCc4ccccc4)c3o2)c1C(=O)O)c1cc2ccccc2o1. The molecule has 6 aromatic rings. The third kappa shape index (κ3) is 4.34. The second-order valence-corrected chi connectivity index (χ2v) is 9.20. The van der Waals surface area contributed by atoms with Crippen LogP contribution in [0.4, 0.5) is 5.69 Å². The second-order valence-electron chi connectivity index (χ2n) is 8.32. The molecule has 0 unspecified atom stereocenters. The summed E-state index contributed by atoms with van der Waals surface area (Å²) in [5.74, 6) is -0.701. The van der Waals surface area contributed by atoms with E-state index in [1.54, 1.807) is 23.6 Å². The van der Waals surface area contributed by atoms with Gasteiger partial charge in [-0.2, -0.15) is 0 Å². The van der Waals surface area contributed by atoms with Gasteiger partial charge in [0.05, 0.1) is 10.6 Å². The number of ether oxygens (including phenoxy) is 1. The number of carboxylic acids is 1. The quantitative estimate of drug-likeness (QED) is 0.232. The van der Waals surface area contributed by atoms with Crippen molar-refractivity contribution >= 4 is 50.8 Å². The number of carboxylic acid groups (broad SMARTS) is 1. The number of anilines is 1. The zero-order chi connectivity index (χ0) is 25.4. The van der Waals surface area contributed by atoms with Crippen LogP contribution < -0.4 is 10.1 Å². The fourth-order valence-corrected chi connectivity index (χ4v) is 5.06. The van der Waals surface area contributed by atoms with Crippen LogP contribution in [-0.4, -0.2) is 17.0 Å². The number of fused-ring (bicyclic) bond motifs is 2. The summed E-state index contributed by atoms with van der Waals surface area (Å²) < 4.78 is 17.7. The first-order valence-electron chi connectivity index (χ1n) is 11.4. The molecule has 0 radical (unpaired) electrons. The molecule has 0 fully saturated rings. The molecule has 3 heterocycles. The van der Waals surface area contributed by atoms with E-state index in [-0.39, 0.29) is 17.0 Å². The lowest BCUT2D eigenvalue weighted by atomic mass is 10.1. The number of carbonyl (C=O) groups excluding carboxylic acids is 1. The summed E-state index contributed by atoms with van der Waals surface area (Å²) in [7, 11) is 0. The van der Waals surface area contributed by atoms with Gasteiger partial charge in [-0.15, -0.1) is 11.3 Å². The molecule has 0 saturated carbocycles. The van der Waals surface area contributed by atoms with Gasteiger partial charge in [-0.05, 0) is 29.8 Å². The minimum Gasteiger partial charge on any atom is -0.485 e. The highest BCUT2D eigenvalue weighted by Gasteiger charge is 2.25. The molecule has 1 amide bonds. The van der Waals surface area contributed by atoms with Crippen molar-refractivity contribution in [3.63, 3.8) is 0 Å². The van der Waals surface area contributed by atoms with Gasteiger partial charge in [-0.1, -0.05) is 60.7 Å². The van der Waals surface area contributed by atoms with Crippen molar-refractivity contribution in [2.75, 3.05) is 5.32 Å². The van der Waals surface area contributed by atoms with Crippen molar-refractivity contribution in [3.8, 4) is 16.4 Å². The Balaban J connectivity index is 1.31. The van der Waals surface area contributed by atoms with Gasteiger partial charge < -0.3 is 24.0 Å². The molecular formula is C29H19NO6S. The molecule has 0 aliphatic carbocycles. The number of para-hydroxylation sites is 2. The van der Waals surface area contributed by atoms with Gasteiger partial charge in [0, 0.05) is 16.2 Å². The van der Waals surface area contributed by atoms with Gasteiger partial charge in [0.15, 0.2) is 17.1 Å². The second kappa shape index (κ2) is 9.33. The van der Waals surface area contributed by atoms with Crippen molar-refractivity contribution in [1.29, 1.82) is 0 Å². The molecule has 0 saturated heterocycles. The van der Waals surface area contributed by atoms with E-state index in [4.69, 9.17) is 13.6 Å². The Morgan fingerprint density at radius 1 is 0.892 bits per heavy atom. The molecule has 3 aromatic heterocycles. The fraction of sp³-hybridized carbons (Fsp3) is 0.0345. The van der Waals surface area contributed by atoms with Crippen LogP contribution in [0.1, 0.15) is 26.5 Å². The molecule has 6 rings (SSSR count). The first-order valence-corrected chi connectivity index (χ1v) is 12.3. The van der Waals surface area contributed by atoms with Crippen LogP contribution in [0.5, 0.6) is 5.75 Å². The van der Waals surface area contributed by atoms with Gasteiger partial charge in [0.1, 0.15) is 23.5 Å². The predicted octanol–water partition coefficient (Wildman–Crippen LogP) is 7.44. The Labute approximate surface area is 214 Å². The van der Waals surface area contributed by atoms with Crippen molar-refractivity contribution < 1.29 is 28.3 Å². The Kier molecular flexibility index (Phi) is 5.71. The van der Waals surface area contributed by atoms with E-state index >= 15 is 0 Å². The monoisotopic (exact) mass is 509 g/mol. The summed E-state index contributed by atoms with van der Waals surface area (Å²) in [6, 6.07) is 26.0. The lowest BCUT2D eigenvalue weighted by Crippen LogP contribution is -2.13. The summed E-state index contributed by atoms with van der Waals surface area (Å²) in [6.45, 7) is 0.368. The van der Waals surface area contributed by atoms with Crippen LogP contribution in [0.15, 0.2) is 99.1 Å². The molecule has 0 aliphatic heterocycles. The standard InChI is InChI=1S/C29H19NO6S/c31-28(24-13-18-9-4-5-11-21(18)35-24)30-20-16-37-27(25(20)29(32)33)23-14-19-10-6-12-22(26(19)36-23)34-15-17-7-2-1-3-8-17/h1-14,16H,15H2,(H,30,31)(H,32,33). The highest BCUT2D eigenvalue weighted by Crippen LogP contribution is 2.41. The van der Waals surface area contributed by atoms with E-state index in [0.29, 0.717) is 34.2 Å². The van der Waals surface area contributed by atoms with Crippen molar-refractivity contribution in [3.05, 3.63) is 107 Å². The molecule has 0 bridgehead atoms. The van der Waals surface area contributed by atoms with Crippen LogP contribution in [-0.2, 0) is 6.61 Å². The summed E-state index contributed by atoms with van der Waals surface area (Å²) in [5, 5.41) is 15.8. The highest BCUT2D eigenvalue weighted by atomic mass is 32.1. The van der Waals surface area contributed by atoms with Crippen LogP contribution in [0.3, 0.4) is 0 Å². The zero-order valence-electron chi connectivity index (χ0n) is 19.3. The zero-order valence-corrected chi connectivity index (χ0v) is 20.1. The maximum absolute atomic E-state index is 12.8. The third-order valence-corrected chi connectivity index (χ3v) is 6.87. The van der Waals surface area contributed by atoms with E-state index < -0.39 is 11.9 Å². The number of carbonyl (C=O) groups is 2. The smallest absolute Gasteiger partial charge is 0.339 e. The average molecular weight is 510 g/mol. The number of hydrogen-bond donors (Lipinski definition) is 2. The molecule has 0 spiro atoms. The van der Waals surface area contributed by atoms with E-state index in [1.165, 1.54) is 11.3 Å². The van der Waals surface area contributed by atoms with Gasteiger partial charge in [0.25, 0.3) is 5.91 Å². The van der Waals surface area contributed by atoms with Crippen LogP contribution in [0, 0.1) is 0 Å². The first kappa shape index (κ1) is 22.6. The molecule has 0 atom stereocenters. The normalized spacial score (nSPS) is 11.1. The lowest BCUT2D eigenvalue weighted by Gasteiger charge is -2.06. The van der Waals surface area contributed by atoms with Gasteiger partial charge in [-0.25, -0.2) is 4.79 Å². The summed E-state index contributed by atoms with van der Waals surface area (Å²) in [6.07, 6.45) is 0. The molecule has 3 aromatic carbocycles. The van der Waals surface area contributed by atoms with Crippen molar-refractivity contribution in [2.45, 2.75) is 6.61 Å². The molecule has 0 aliphatic rings. The first-order chi connectivity index (χ1) is 18.1. The van der Waals surface area contributed by atoms with E-state index in [0.717, 1.165) is 16.3 Å². The van der Waals surface area contributed by atoms with Crippen LogP contribution in [0.25, 0.3) is 32.6 Å². The van der Waals surface area contributed by atoms with Crippen LogP contribution >= 0.6 is 11.3 Å². The highest BCUT2D eigenvalue weighted by molar-refractivity contribution is 7.14. The summed E-state index contributed by atoms with van der Waals surface area (Å²) >= 11 is 1.17. The maximum atomic E-state index is 12.8. The summed E-state index contributed by atoms with van der Waals surface area (Å²) in [4.78, 5) is 25.5. The molecule has 182 valence electrons. The van der Waals surface area contributed by atoms with E-state index in [9.17, 15) is 14.7 Å². The molecule has 8 heteroatoms. The minimum atomic E-state index is -1.18. The number of rotatable bonds is 7. The van der Waals surface area contributed by atoms with Gasteiger partial charge >= 0.3 is 5.97 Å². The summed E-state index contributed by atoms with van der Waals surface area (Å²) in [5.41, 5.74) is 2.22. The number of benzene rings is 3. The van der Waals surface area contributed by atoms with Gasteiger partial charge in [-0.3, -0.25) is 4.79 Å². The predicted molar refractivity (Wildman–Crippen MR) is 141 cm³/mol. The topological polar surface area (TPSA) is 102 Å². The Bertz CT molecular complexity index is 1730. The van der Waals surface area contributed by atoms with Crippen molar-refractivity contribution in [2.24, 2.45) is 0 Å². The molecular weight excluding hydrogens is 490 g/mol. The average Bonchev–Trinajstić information content (AvgIpc) is 3.64. The molecule has 7 nitrogen and oxygen atoms in total. The Morgan fingerprint density at radius 3 is 2.49 bits per heavy atom. The lowest BCUT2D eigenvalue weighted by molar-refractivity contribution is 0.0699.